The van der Waals surface area contributed by atoms with E-state index in [2.05, 4.69) is 19.2 Å². The number of Topliss-reactive ketones (excluding diaryl/α,β-unsaturated/α-hetero) is 1. The van der Waals surface area contributed by atoms with Crippen LogP contribution in [0.2, 0.25) is 0 Å². The topological polar surface area (TPSA) is 62.6 Å². The highest BCUT2D eigenvalue weighted by molar-refractivity contribution is 6.05. The van der Waals surface area contributed by atoms with Crippen molar-refractivity contribution in [3.05, 3.63) is 59.7 Å². The standard InChI is InChI=1S/C21H22N2O3/c1-13(24)23-16-8-5-4-7-14(16)22-15-11-21(2,3)12-17(25)19(15)20(23)18-9-6-10-26-18/h4-10,20,22H,11-12H2,1-3H3/t20-/m0/s1. The van der Waals surface area contributed by atoms with Crippen molar-refractivity contribution in [1.82, 2.24) is 0 Å². The summed E-state index contributed by atoms with van der Waals surface area (Å²) in [6.07, 6.45) is 2.77. The van der Waals surface area contributed by atoms with Crippen LogP contribution in [0, 0.1) is 5.41 Å². The van der Waals surface area contributed by atoms with E-state index in [1.807, 2.05) is 30.3 Å². The maximum Gasteiger partial charge on any atom is 0.224 e. The zero-order chi connectivity index (χ0) is 18.5. The third-order valence-electron chi connectivity index (χ3n) is 5.05. The van der Waals surface area contributed by atoms with Crippen molar-refractivity contribution in [2.24, 2.45) is 5.41 Å². The van der Waals surface area contributed by atoms with Gasteiger partial charge in [0.15, 0.2) is 5.78 Å². The molecule has 0 saturated carbocycles. The molecule has 0 fully saturated rings. The van der Waals surface area contributed by atoms with Crippen molar-refractivity contribution in [2.75, 3.05) is 10.2 Å². The summed E-state index contributed by atoms with van der Waals surface area (Å²) in [4.78, 5) is 27.5. The number of hydrogen-bond acceptors (Lipinski definition) is 4. The Kier molecular flexibility index (Phi) is 3.75. The molecular formula is C21H22N2O3. The molecular weight excluding hydrogens is 328 g/mol. The average molecular weight is 350 g/mol. The van der Waals surface area contributed by atoms with Gasteiger partial charge in [0, 0.05) is 24.6 Å². The van der Waals surface area contributed by atoms with E-state index in [1.165, 1.54) is 6.92 Å². The van der Waals surface area contributed by atoms with Crippen LogP contribution in [0.3, 0.4) is 0 Å². The predicted octanol–water partition coefficient (Wildman–Crippen LogP) is 4.44. The third kappa shape index (κ3) is 2.64. The highest BCUT2D eigenvalue weighted by atomic mass is 16.3. The van der Waals surface area contributed by atoms with Gasteiger partial charge < -0.3 is 9.73 Å². The van der Waals surface area contributed by atoms with Gasteiger partial charge in [-0.1, -0.05) is 26.0 Å². The number of benzene rings is 1. The molecule has 134 valence electrons. The van der Waals surface area contributed by atoms with E-state index >= 15 is 0 Å². The number of allylic oxidation sites excluding steroid dienone is 1. The number of anilines is 2. The quantitative estimate of drug-likeness (QED) is 0.826. The van der Waals surface area contributed by atoms with E-state index < -0.39 is 6.04 Å². The van der Waals surface area contributed by atoms with Crippen LogP contribution in [0.1, 0.15) is 45.4 Å². The Balaban J connectivity index is 2.00. The Morgan fingerprint density at radius 2 is 1.96 bits per heavy atom. The minimum atomic E-state index is -0.558. The van der Waals surface area contributed by atoms with Gasteiger partial charge in [0.2, 0.25) is 5.91 Å². The monoisotopic (exact) mass is 350 g/mol. The molecule has 1 aliphatic heterocycles. The van der Waals surface area contributed by atoms with Crippen molar-refractivity contribution in [3.63, 3.8) is 0 Å². The molecule has 26 heavy (non-hydrogen) atoms. The van der Waals surface area contributed by atoms with Gasteiger partial charge in [0.1, 0.15) is 11.8 Å². The predicted molar refractivity (Wildman–Crippen MR) is 99.7 cm³/mol. The van der Waals surface area contributed by atoms with Gasteiger partial charge in [0.25, 0.3) is 0 Å². The second kappa shape index (κ2) is 5.87. The number of amides is 1. The maximum atomic E-state index is 13.1. The fourth-order valence-corrected chi connectivity index (χ4v) is 4.05. The zero-order valence-corrected chi connectivity index (χ0v) is 15.2. The van der Waals surface area contributed by atoms with Crippen LogP contribution in [-0.2, 0) is 9.59 Å². The minimum absolute atomic E-state index is 0.0595. The third-order valence-corrected chi connectivity index (χ3v) is 5.05. The molecule has 1 atom stereocenters. The van der Waals surface area contributed by atoms with Crippen molar-refractivity contribution < 1.29 is 14.0 Å². The molecule has 2 aromatic rings. The Morgan fingerprint density at radius 3 is 2.65 bits per heavy atom. The van der Waals surface area contributed by atoms with Gasteiger partial charge in [-0.05, 0) is 36.1 Å². The maximum absolute atomic E-state index is 13.1. The number of carbonyl (C=O) groups excluding carboxylic acids is 2. The molecule has 2 aliphatic rings. The van der Waals surface area contributed by atoms with Crippen LogP contribution in [-0.4, -0.2) is 11.7 Å². The second-order valence-electron chi connectivity index (χ2n) is 7.78. The molecule has 1 aromatic carbocycles. The summed E-state index contributed by atoms with van der Waals surface area (Å²) in [5, 5.41) is 3.45. The molecule has 5 nitrogen and oxygen atoms in total. The number of ketones is 1. The number of rotatable bonds is 1. The average Bonchev–Trinajstić information content (AvgIpc) is 3.02. The smallest absolute Gasteiger partial charge is 0.224 e. The lowest BCUT2D eigenvalue weighted by atomic mass is 9.74. The first-order valence-corrected chi connectivity index (χ1v) is 8.83. The molecule has 0 unspecified atom stereocenters. The van der Waals surface area contributed by atoms with Crippen LogP contribution in [0.25, 0.3) is 0 Å². The van der Waals surface area contributed by atoms with E-state index in [9.17, 15) is 9.59 Å². The normalized spacial score (nSPS) is 21.6. The summed E-state index contributed by atoms with van der Waals surface area (Å²) < 4.78 is 5.67. The first-order chi connectivity index (χ1) is 12.4. The van der Waals surface area contributed by atoms with Gasteiger partial charge in [-0.2, -0.15) is 0 Å². The molecule has 4 rings (SSSR count). The summed E-state index contributed by atoms with van der Waals surface area (Å²) in [7, 11) is 0. The number of furan rings is 1. The number of nitrogens with one attached hydrogen (secondary N) is 1. The molecule has 0 saturated heterocycles. The number of hydrogen-bond donors (Lipinski definition) is 1. The Labute approximate surface area is 152 Å². The molecule has 0 radical (unpaired) electrons. The number of nitrogens with zero attached hydrogens (tertiary/aromatic N) is 1. The van der Waals surface area contributed by atoms with Crippen molar-refractivity contribution in [1.29, 1.82) is 0 Å². The Morgan fingerprint density at radius 1 is 1.19 bits per heavy atom. The van der Waals surface area contributed by atoms with Gasteiger partial charge in [-0.3, -0.25) is 14.5 Å². The minimum Gasteiger partial charge on any atom is -0.467 e. The van der Waals surface area contributed by atoms with Crippen molar-refractivity contribution >= 4 is 23.1 Å². The summed E-state index contributed by atoms with van der Waals surface area (Å²) in [6, 6.07) is 10.7. The number of carbonyl (C=O) groups is 2. The first-order valence-electron chi connectivity index (χ1n) is 8.83. The molecule has 2 heterocycles. The van der Waals surface area contributed by atoms with Crippen molar-refractivity contribution in [2.45, 2.75) is 39.7 Å². The lowest BCUT2D eigenvalue weighted by molar-refractivity contribution is -0.118. The van der Waals surface area contributed by atoms with Gasteiger partial charge in [-0.15, -0.1) is 0 Å². The van der Waals surface area contributed by atoms with Crippen LogP contribution in [0.15, 0.2) is 58.3 Å². The second-order valence-corrected chi connectivity index (χ2v) is 7.78. The van der Waals surface area contributed by atoms with Gasteiger partial charge in [0.05, 0.1) is 17.6 Å². The lowest BCUT2D eigenvalue weighted by Crippen LogP contribution is -2.38. The van der Waals surface area contributed by atoms with Crippen LogP contribution in [0.5, 0.6) is 0 Å². The fraction of sp³-hybridized carbons (Fsp3) is 0.333. The molecule has 5 heteroatoms. The molecule has 1 amide bonds. The van der Waals surface area contributed by atoms with Crippen LogP contribution in [0.4, 0.5) is 11.4 Å². The molecule has 0 bridgehead atoms. The highest BCUT2D eigenvalue weighted by Gasteiger charge is 2.43. The van der Waals surface area contributed by atoms with E-state index in [0.717, 1.165) is 23.5 Å². The van der Waals surface area contributed by atoms with Crippen LogP contribution < -0.4 is 10.2 Å². The number of fused-ring (bicyclic) bond motifs is 1. The summed E-state index contributed by atoms with van der Waals surface area (Å²) in [6.45, 7) is 5.71. The zero-order valence-electron chi connectivity index (χ0n) is 15.2. The van der Waals surface area contributed by atoms with E-state index in [0.29, 0.717) is 17.8 Å². The van der Waals surface area contributed by atoms with Gasteiger partial charge >= 0.3 is 0 Å². The molecule has 1 aliphatic carbocycles. The molecule has 1 N–H and O–H groups in total. The van der Waals surface area contributed by atoms with E-state index in [4.69, 9.17) is 4.42 Å². The summed E-state index contributed by atoms with van der Waals surface area (Å²) in [5.74, 6) is 0.524. The summed E-state index contributed by atoms with van der Waals surface area (Å²) in [5.41, 5.74) is 2.96. The first kappa shape index (κ1) is 16.6. The Hall–Kier alpha value is -2.82. The SMILES string of the molecule is CC(=O)N1c2ccccc2NC2=C(C(=O)CC(C)(C)C2)[C@@H]1c1ccco1. The largest absolute Gasteiger partial charge is 0.467 e. The lowest BCUT2D eigenvalue weighted by Gasteiger charge is -2.35. The van der Waals surface area contributed by atoms with E-state index in [-0.39, 0.29) is 17.1 Å². The summed E-state index contributed by atoms with van der Waals surface area (Å²) >= 11 is 0. The van der Waals surface area contributed by atoms with Crippen LogP contribution >= 0.6 is 0 Å². The van der Waals surface area contributed by atoms with Gasteiger partial charge in [-0.25, -0.2) is 0 Å². The molecule has 0 spiro atoms. The molecule has 1 aromatic heterocycles. The Bertz CT molecular complexity index is 909. The highest BCUT2D eigenvalue weighted by Crippen LogP contribution is 2.48. The van der Waals surface area contributed by atoms with E-state index in [1.54, 1.807) is 17.2 Å². The van der Waals surface area contributed by atoms with Crippen molar-refractivity contribution in [3.8, 4) is 0 Å². The fourth-order valence-electron chi connectivity index (χ4n) is 4.05. The number of para-hydroxylation sites is 2.